The number of phenols is 2. The van der Waals surface area contributed by atoms with E-state index in [9.17, 15) is 0 Å². The van der Waals surface area contributed by atoms with Crippen LogP contribution in [0.4, 0.5) is 0 Å². The maximum Gasteiger partial charge on any atom is 0.115 e. The summed E-state index contributed by atoms with van der Waals surface area (Å²) >= 11 is 0. The first kappa shape index (κ1) is 14.0. The van der Waals surface area contributed by atoms with Crippen LogP contribution in [0.15, 0.2) is 84.9 Å². The summed E-state index contributed by atoms with van der Waals surface area (Å²) < 4.78 is 0. The van der Waals surface area contributed by atoms with Crippen molar-refractivity contribution < 1.29 is 10.2 Å². The first-order valence-corrected chi connectivity index (χ1v) is 7.08. The van der Waals surface area contributed by atoms with Gasteiger partial charge in [-0.2, -0.15) is 0 Å². The van der Waals surface area contributed by atoms with Gasteiger partial charge < -0.3 is 10.2 Å². The SMILES string of the molecule is Oc1ccc(O)cc1.c1ccc2c(c1)ccc1ccccc12. The van der Waals surface area contributed by atoms with E-state index < -0.39 is 0 Å². The third-order valence-corrected chi connectivity index (χ3v) is 3.50. The number of fused-ring (bicyclic) bond motifs is 3. The summed E-state index contributed by atoms with van der Waals surface area (Å²) in [5.41, 5.74) is 0. The average molecular weight is 288 g/mol. The molecule has 0 heterocycles. The van der Waals surface area contributed by atoms with Crippen LogP contribution in [0.2, 0.25) is 0 Å². The van der Waals surface area contributed by atoms with Gasteiger partial charge in [-0.15, -0.1) is 0 Å². The fourth-order valence-electron chi connectivity index (χ4n) is 2.41. The first-order valence-electron chi connectivity index (χ1n) is 7.08. The molecule has 4 aromatic carbocycles. The Labute approximate surface area is 128 Å². The van der Waals surface area contributed by atoms with E-state index in [-0.39, 0.29) is 11.5 Å². The van der Waals surface area contributed by atoms with E-state index in [4.69, 9.17) is 10.2 Å². The molecule has 0 saturated carbocycles. The predicted octanol–water partition coefficient (Wildman–Crippen LogP) is 5.09. The monoisotopic (exact) mass is 288 g/mol. The fourth-order valence-corrected chi connectivity index (χ4v) is 2.41. The van der Waals surface area contributed by atoms with E-state index in [1.807, 2.05) is 0 Å². The molecule has 4 rings (SSSR count). The number of hydrogen-bond acceptors (Lipinski definition) is 2. The Morgan fingerprint density at radius 1 is 0.409 bits per heavy atom. The van der Waals surface area contributed by atoms with Gasteiger partial charge in [0, 0.05) is 0 Å². The van der Waals surface area contributed by atoms with Gasteiger partial charge in [0.05, 0.1) is 0 Å². The van der Waals surface area contributed by atoms with Crippen molar-refractivity contribution in [3.05, 3.63) is 84.9 Å². The molecular weight excluding hydrogens is 272 g/mol. The molecule has 0 amide bonds. The molecule has 0 atom stereocenters. The van der Waals surface area contributed by atoms with Crippen LogP contribution in [0.5, 0.6) is 11.5 Å². The molecule has 2 N–H and O–H groups in total. The third kappa shape index (κ3) is 3.01. The van der Waals surface area contributed by atoms with Crippen LogP contribution in [0.1, 0.15) is 0 Å². The Balaban J connectivity index is 0.000000154. The number of benzene rings is 4. The summed E-state index contributed by atoms with van der Waals surface area (Å²) in [5.74, 6) is 0.339. The molecule has 2 nitrogen and oxygen atoms in total. The lowest BCUT2D eigenvalue weighted by Crippen LogP contribution is -1.75. The average Bonchev–Trinajstić information content (AvgIpc) is 2.58. The largest absolute Gasteiger partial charge is 0.508 e. The summed E-state index contributed by atoms with van der Waals surface area (Å²) in [4.78, 5) is 0. The van der Waals surface area contributed by atoms with Gasteiger partial charge in [0.1, 0.15) is 11.5 Å². The maximum absolute atomic E-state index is 8.65. The van der Waals surface area contributed by atoms with Crippen molar-refractivity contribution in [2.24, 2.45) is 0 Å². The normalized spacial score (nSPS) is 10.2. The highest BCUT2D eigenvalue weighted by Gasteiger charge is 1.97. The highest BCUT2D eigenvalue weighted by molar-refractivity contribution is 6.07. The van der Waals surface area contributed by atoms with E-state index in [1.165, 1.54) is 45.8 Å². The van der Waals surface area contributed by atoms with Gasteiger partial charge >= 0.3 is 0 Å². The van der Waals surface area contributed by atoms with Crippen LogP contribution in [-0.4, -0.2) is 10.2 Å². The van der Waals surface area contributed by atoms with E-state index in [2.05, 4.69) is 60.7 Å². The topological polar surface area (TPSA) is 40.5 Å². The van der Waals surface area contributed by atoms with Crippen LogP contribution < -0.4 is 0 Å². The van der Waals surface area contributed by atoms with Crippen molar-refractivity contribution in [1.82, 2.24) is 0 Å². The third-order valence-electron chi connectivity index (χ3n) is 3.50. The molecule has 0 radical (unpaired) electrons. The standard InChI is InChI=1S/C14H10.C6H6O2/c1-3-7-13-11(5-1)9-10-12-6-2-4-8-14(12)13;7-5-1-2-6(8)4-3-5/h1-10H;1-4,7-8H. The smallest absolute Gasteiger partial charge is 0.115 e. The van der Waals surface area contributed by atoms with E-state index in [0.717, 1.165) is 0 Å². The molecule has 2 heteroatoms. The highest BCUT2D eigenvalue weighted by Crippen LogP contribution is 2.24. The lowest BCUT2D eigenvalue weighted by atomic mass is 10.0. The zero-order valence-corrected chi connectivity index (χ0v) is 12.0. The zero-order valence-electron chi connectivity index (χ0n) is 12.0. The maximum atomic E-state index is 8.65. The molecular formula is C20H16O2. The second-order valence-corrected chi connectivity index (χ2v) is 5.02. The van der Waals surface area contributed by atoms with Crippen LogP contribution in [0.25, 0.3) is 21.5 Å². The lowest BCUT2D eigenvalue weighted by molar-refractivity contribution is 0.460. The van der Waals surface area contributed by atoms with Crippen molar-refractivity contribution >= 4 is 21.5 Å². The van der Waals surface area contributed by atoms with Crippen molar-refractivity contribution in [3.63, 3.8) is 0 Å². The van der Waals surface area contributed by atoms with Gasteiger partial charge in [-0.25, -0.2) is 0 Å². The second kappa shape index (κ2) is 6.19. The molecule has 0 bridgehead atoms. The van der Waals surface area contributed by atoms with E-state index in [0.29, 0.717) is 0 Å². The Hall–Kier alpha value is -3.00. The minimum absolute atomic E-state index is 0.169. The zero-order chi connectivity index (χ0) is 15.4. The van der Waals surface area contributed by atoms with Crippen LogP contribution in [0, 0.1) is 0 Å². The Morgan fingerprint density at radius 2 is 0.773 bits per heavy atom. The summed E-state index contributed by atoms with van der Waals surface area (Å²) in [7, 11) is 0. The lowest BCUT2D eigenvalue weighted by Gasteiger charge is -2.02. The van der Waals surface area contributed by atoms with Crippen molar-refractivity contribution in [1.29, 1.82) is 0 Å². The molecule has 4 aromatic rings. The summed E-state index contributed by atoms with van der Waals surface area (Å²) in [6.07, 6.45) is 0. The van der Waals surface area contributed by atoms with Crippen LogP contribution in [0.3, 0.4) is 0 Å². The molecule has 0 saturated heterocycles. The summed E-state index contributed by atoms with van der Waals surface area (Å²) in [6, 6.07) is 27.1. The fraction of sp³-hybridized carbons (Fsp3) is 0. The van der Waals surface area contributed by atoms with Gasteiger partial charge in [0.2, 0.25) is 0 Å². The van der Waals surface area contributed by atoms with Gasteiger partial charge in [-0.05, 0) is 45.8 Å². The quantitative estimate of drug-likeness (QED) is 0.349. The first-order chi connectivity index (χ1) is 10.7. The molecule has 0 aliphatic carbocycles. The second-order valence-electron chi connectivity index (χ2n) is 5.02. The molecule has 0 aromatic heterocycles. The predicted molar refractivity (Wildman–Crippen MR) is 91.2 cm³/mol. The molecule has 0 unspecified atom stereocenters. The van der Waals surface area contributed by atoms with Crippen LogP contribution in [-0.2, 0) is 0 Å². The van der Waals surface area contributed by atoms with Crippen molar-refractivity contribution in [2.45, 2.75) is 0 Å². The molecule has 0 fully saturated rings. The Kier molecular flexibility index (Phi) is 3.92. The van der Waals surface area contributed by atoms with Gasteiger partial charge in [0.15, 0.2) is 0 Å². The minimum atomic E-state index is 0.169. The van der Waals surface area contributed by atoms with Crippen molar-refractivity contribution in [3.8, 4) is 11.5 Å². The molecule has 108 valence electrons. The van der Waals surface area contributed by atoms with Gasteiger partial charge in [-0.1, -0.05) is 60.7 Å². The minimum Gasteiger partial charge on any atom is -0.508 e. The summed E-state index contributed by atoms with van der Waals surface area (Å²) in [5, 5.41) is 22.6. The highest BCUT2D eigenvalue weighted by atomic mass is 16.3. The van der Waals surface area contributed by atoms with Gasteiger partial charge in [-0.3, -0.25) is 0 Å². The molecule has 0 spiro atoms. The van der Waals surface area contributed by atoms with Crippen LogP contribution >= 0.6 is 0 Å². The molecule has 22 heavy (non-hydrogen) atoms. The molecule has 0 aliphatic rings. The molecule has 0 aliphatic heterocycles. The number of phenolic OH excluding ortho intramolecular Hbond substituents is 2. The Morgan fingerprint density at radius 3 is 1.18 bits per heavy atom. The van der Waals surface area contributed by atoms with Crippen molar-refractivity contribution in [2.75, 3.05) is 0 Å². The van der Waals surface area contributed by atoms with Gasteiger partial charge in [0.25, 0.3) is 0 Å². The number of aromatic hydroxyl groups is 2. The Bertz CT molecular complexity index is 820. The number of rotatable bonds is 0. The van der Waals surface area contributed by atoms with E-state index >= 15 is 0 Å². The number of hydrogen-bond donors (Lipinski definition) is 2. The van der Waals surface area contributed by atoms with E-state index in [1.54, 1.807) is 0 Å². The summed E-state index contributed by atoms with van der Waals surface area (Å²) in [6.45, 7) is 0.